The van der Waals surface area contributed by atoms with Crippen LogP contribution in [0.2, 0.25) is 0 Å². The van der Waals surface area contributed by atoms with E-state index in [-0.39, 0.29) is 17.8 Å². The third-order valence-corrected chi connectivity index (χ3v) is 3.78. The van der Waals surface area contributed by atoms with Gasteiger partial charge < -0.3 is 15.3 Å². The Morgan fingerprint density at radius 2 is 2.18 bits per heavy atom. The van der Waals surface area contributed by atoms with Crippen molar-refractivity contribution < 1.29 is 14.3 Å². The van der Waals surface area contributed by atoms with Crippen LogP contribution in [-0.2, 0) is 4.79 Å². The van der Waals surface area contributed by atoms with Crippen LogP contribution in [0.25, 0.3) is 6.08 Å². The molecular weight excluding hydrogens is 283 g/mol. The average molecular weight is 306 g/mol. The molecule has 2 rings (SSSR count). The Balaban J connectivity index is 1.61. The lowest BCUT2D eigenvalue weighted by molar-refractivity contribution is -0.116. The fourth-order valence-electron chi connectivity index (χ4n) is 2.50. The van der Waals surface area contributed by atoms with E-state index in [1.54, 1.807) is 18.2 Å². The highest BCUT2D eigenvalue weighted by atomic mass is 19.1. The summed E-state index contributed by atoms with van der Waals surface area (Å²) in [6, 6.07) is 6.12. The van der Waals surface area contributed by atoms with Crippen molar-refractivity contribution in [3.8, 4) is 0 Å². The molecule has 1 aliphatic rings. The third kappa shape index (κ3) is 5.95. The smallest absolute Gasteiger partial charge is 0.243 e. The van der Waals surface area contributed by atoms with Crippen LogP contribution in [0.1, 0.15) is 24.8 Å². The van der Waals surface area contributed by atoms with E-state index in [4.69, 9.17) is 0 Å². The van der Waals surface area contributed by atoms with Crippen molar-refractivity contribution in [2.24, 2.45) is 0 Å². The predicted octanol–water partition coefficient (Wildman–Crippen LogP) is 1.80. The van der Waals surface area contributed by atoms with Crippen LogP contribution in [0.5, 0.6) is 0 Å². The van der Waals surface area contributed by atoms with Gasteiger partial charge in [-0.3, -0.25) is 4.79 Å². The number of aliphatic hydroxyl groups excluding tert-OH is 1. The second kappa shape index (κ2) is 8.66. The van der Waals surface area contributed by atoms with Gasteiger partial charge in [0.1, 0.15) is 5.82 Å². The lowest BCUT2D eigenvalue weighted by atomic mass is 10.1. The van der Waals surface area contributed by atoms with Crippen LogP contribution in [0.15, 0.2) is 30.3 Å². The van der Waals surface area contributed by atoms with Gasteiger partial charge in [-0.05, 0) is 49.6 Å². The SMILES string of the molecule is O=C(C=Cc1cccc(F)c1)NCCCN1CCC(O)CC1. The number of carbonyl (C=O) groups is 1. The maximum absolute atomic E-state index is 13.0. The summed E-state index contributed by atoms with van der Waals surface area (Å²) >= 11 is 0. The standard InChI is InChI=1S/C17H23FN2O2/c18-15-4-1-3-14(13-15)5-6-17(22)19-9-2-10-20-11-7-16(21)8-12-20/h1,3-6,13,16,21H,2,7-12H2,(H,19,22). The summed E-state index contributed by atoms with van der Waals surface area (Å²) in [5.41, 5.74) is 0.669. The second-order valence-corrected chi connectivity index (χ2v) is 5.61. The summed E-state index contributed by atoms with van der Waals surface area (Å²) < 4.78 is 13.0. The summed E-state index contributed by atoms with van der Waals surface area (Å²) in [5.74, 6) is -0.479. The maximum Gasteiger partial charge on any atom is 0.243 e. The molecule has 0 atom stereocenters. The van der Waals surface area contributed by atoms with Crippen LogP contribution in [0.3, 0.4) is 0 Å². The Morgan fingerprint density at radius 1 is 1.41 bits per heavy atom. The second-order valence-electron chi connectivity index (χ2n) is 5.61. The van der Waals surface area contributed by atoms with Gasteiger partial charge in [0.05, 0.1) is 6.10 Å². The number of hydrogen-bond acceptors (Lipinski definition) is 3. The molecule has 1 fully saturated rings. The van der Waals surface area contributed by atoms with Crippen LogP contribution in [0, 0.1) is 5.82 Å². The lowest BCUT2D eigenvalue weighted by Gasteiger charge is -2.29. The first-order valence-corrected chi connectivity index (χ1v) is 7.75. The first kappa shape index (κ1) is 16.6. The van der Waals surface area contributed by atoms with Crippen LogP contribution in [0.4, 0.5) is 4.39 Å². The molecule has 2 N–H and O–H groups in total. The maximum atomic E-state index is 13.0. The van der Waals surface area contributed by atoms with Crippen molar-refractivity contribution in [2.45, 2.75) is 25.4 Å². The first-order valence-electron chi connectivity index (χ1n) is 7.75. The molecule has 0 radical (unpaired) electrons. The minimum atomic E-state index is -0.311. The quantitative estimate of drug-likeness (QED) is 0.622. The molecule has 1 heterocycles. The summed E-state index contributed by atoms with van der Waals surface area (Å²) in [6.07, 6.45) is 5.43. The molecule has 0 bridgehead atoms. The van der Waals surface area contributed by atoms with Gasteiger partial charge in [0.15, 0.2) is 0 Å². The first-order chi connectivity index (χ1) is 10.6. The average Bonchev–Trinajstić information content (AvgIpc) is 2.51. The third-order valence-electron chi connectivity index (χ3n) is 3.78. The summed E-state index contributed by atoms with van der Waals surface area (Å²) in [4.78, 5) is 14.0. The summed E-state index contributed by atoms with van der Waals surface area (Å²) in [6.45, 7) is 3.40. The predicted molar refractivity (Wildman–Crippen MR) is 84.7 cm³/mol. The van der Waals surface area contributed by atoms with Gasteiger partial charge in [0.25, 0.3) is 0 Å². The Morgan fingerprint density at radius 3 is 2.91 bits per heavy atom. The van der Waals surface area contributed by atoms with Gasteiger partial charge in [-0.15, -0.1) is 0 Å². The fourth-order valence-corrected chi connectivity index (χ4v) is 2.50. The number of halogens is 1. The van der Waals surface area contributed by atoms with Gasteiger partial charge in [-0.1, -0.05) is 12.1 Å². The molecular formula is C17H23FN2O2. The van der Waals surface area contributed by atoms with Gasteiger partial charge in [0, 0.05) is 25.7 Å². The number of piperidine rings is 1. The number of rotatable bonds is 6. The Bertz CT molecular complexity index is 511. The summed E-state index contributed by atoms with van der Waals surface area (Å²) in [7, 11) is 0. The van der Waals surface area contributed by atoms with Crippen molar-refractivity contribution in [2.75, 3.05) is 26.2 Å². The van der Waals surface area contributed by atoms with Crippen LogP contribution in [-0.4, -0.2) is 48.2 Å². The molecule has 5 heteroatoms. The van der Waals surface area contributed by atoms with Crippen molar-refractivity contribution in [1.82, 2.24) is 10.2 Å². The Kier molecular flexibility index (Phi) is 6.55. The van der Waals surface area contributed by atoms with Crippen molar-refractivity contribution in [3.05, 3.63) is 41.7 Å². The number of likely N-dealkylation sites (tertiary alicyclic amines) is 1. The topological polar surface area (TPSA) is 52.6 Å². The molecule has 1 saturated heterocycles. The molecule has 0 unspecified atom stereocenters. The zero-order chi connectivity index (χ0) is 15.8. The monoisotopic (exact) mass is 306 g/mol. The number of amides is 1. The number of aliphatic hydroxyl groups is 1. The Labute approximate surface area is 130 Å². The van der Waals surface area contributed by atoms with E-state index in [1.165, 1.54) is 18.2 Å². The molecule has 0 saturated carbocycles. The molecule has 22 heavy (non-hydrogen) atoms. The molecule has 1 aliphatic heterocycles. The molecule has 0 aromatic heterocycles. The molecule has 120 valence electrons. The normalized spacial score (nSPS) is 17.0. The zero-order valence-corrected chi connectivity index (χ0v) is 12.7. The number of benzene rings is 1. The Hall–Kier alpha value is -1.72. The number of hydrogen-bond donors (Lipinski definition) is 2. The van der Waals surface area contributed by atoms with E-state index in [1.807, 2.05) is 0 Å². The van der Waals surface area contributed by atoms with E-state index >= 15 is 0 Å². The molecule has 0 spiro atoms. The zero-order valence-electron chi connectivity index (χ0n) is 12.7. The van der Waals surface area contributed by atoms with E-state index in [9.17, 15) is 14.3 Å². The summed E-state index contributed by atoms with van der Waals surface area (Å²) in [5, 5.41) is 12.2. The lowest BCUT2D eigenvalue weighted by Crippen LogP contribution is -2.37. The minimum absolute atomic E-state index is 0.149. The largest absolute Gasteiger partial charge is 0.393 e. The highest BCUT2D eigenvalue weighted by Gasteiger charge is 2.15. The number of carbonyl (C=O) groups excluding carboxylic acids is 1. The van der Waals surface area contributed by atoms with Crippen LogP contribution < -0.4 is 5.32 Å². The van der Waals surface area contributed by atoms with Crippen LogP contribution >= 0.6 is 0 Å². The van der Waals surface area contributed by atoms with E-state index < -0.39 is 0 Å². The fraction of sp³-hybridized carbons (Fsp3) is 0.471. The van der Waals surface area contributed by atoms with Gasteiger partial charge in [-0.25, -0.2) is 4.39 Å². The van der Waals surface area contributed by atoms with Gasteiger partial charge >= 0.3 is 0 Å². The number of nitrogens with zero attached hydrogens (tertiary/aromatic N) is 1. The molecule has 1 amide bonds. The highest BCUT2D eigenvalue weighted by molar-refractivity contribution is 5.91. The van der Waals surface area contributed by atoms with Crippen molar-refractivity contribution >= 4 is 12.0 Å². The van der Waals surface area contributed by atoms with Gasteiger partial charge in [-0.2, -0.15) is 0 Å². The van der Waals surface area contributed by atoms with Crippen molar-refractivity contribution in [3.63, 3.8) is 0 Å². The van der Waals surface area contributed by atoms with E-state index in [0.717, 1.165) is 38.9 Å². The molecule has 1 aromatic rings. The van der Waals surface area contributed by atoms with E-state index in [0.29, 0.717) is 12.1 Å². The minimum Gasteiger partial charge on any atom is -0.393 e. The molecule has 0 aliphatic carbocycles. The van der Waals surface area contributed by atoms with Gasteiger partial charge in [0.2, 0.25) is 5.91 Å². The van der Waals surface area contributed by atoms with E-state index in [2.05, 4.69) is 10.2 Å². The highest BCUT2D eigenvalue weighted by Crippen LogP contribution is 2.09. The molecule has 1 aromatic carbocycles. The molecule has 4 nitrogen and oxygen atoms in total. The number of nitrogens with one attached hydrogen (secondary N) is 1. The van der Waals surface area contributed by atoms with Crippen molar-refractivity contribution in [1.29, 1.82) is 0 Å².